The lowest BCUT2D eigenvalue weighted by atomic mass is 9.96. The molecule has 28 heavy (non-hydrogen) atoms. The fourth-order valence-electron chi connectivity index (χ4n) is 3.43. The lowest BCUT2D eigenvalue weighted by Gasteiger charge is -2.33. The van der Waals surface area contributed by atoms with Crippen molar-refractivity contribution in [2.24, 2.45) is 0 Å². The van der Waals surface area contributed by atoms with Crippen LogP contribution in [0.15, 0.2) is 36.4 Å². The van der Waals surface area contributed by atoms with E-state index in [1.54, 1.807) is 13.2 Å². The van der Waals surface area contributed by atoms with Gasteiger partial charge in [-0.05, 0) is 60.7 Å². The van der Waals surface area contributed by atoms with E-state index in [2.05, 4.69) is 27.8 Å². The first kappa shape index (κ1) is 20.7. The Morgan fingerprint density at radius 3 is 2.57 bits per heavy atom. The molecule has 1 aliphatic rings. The van der Waals surface area contributed by atoms with E-state index >= 15 is 0 Å². The van der Waals surface area contributed by atoms with Crippen molar-refractivity contribution < 1.29 is 13.9 Å². The number of nitrogens with zero attached hydrogens (tertiary/aromatic N) is 1. The molecule has 2 aromatic rings. The monoisotopic (exact) mass is 447 g/mol. The Balaban J connectivity index is 2.01. The average Bonchev–Trinajstić information content (AvgIpc) is 2.73. The largest absolute Gasteiger partial charge is 0.497 e. The van der Waals surface area contributed by atoms with Gasteiger partial charge in [0, 0.05) is 24.0 Å². The Morgan fingerprint density at radius 1 is 1.11 bits per heavy atom. The number of halogens is 2. The van der Waals surface area contributed by atoms with Crippen LogP contribution in [-0.4, -0.2) is 32.1 Å². The third kappa shape index (κ3) is 4.69. The summed E-state index contributed by atoms with van der Waals surface area (Å²) in [6, 6.07) is 11.2. The number of fused-ring (bicyclic) bond motifs is 1. The van der Waals surface area contributed by atoms with Crippen LogP contribution in [0.2, 0.25) is 0 Å². The van der Waals surface area contributed by atoms with Gasteiger partial charge >= 0.3 is 0 Å². The molecule has 1 aliphatic heterocycles. The van der Waals surface area contributed by atoms with Crippen molar-refractivity contribution in [3.63, 3.8) is 0 Å². The van der Waals surface area contributed by atoms with Crippen molar-refractivity contribution in [2.45, 2.75) is 26.2 Å². The molecule has 0 fully saturated rings. The molecule has 0 N–H and O–H groups in total. The Kier molecular flexibility index (Phi) is 7.37. The second kappa shape index (κ2) is 9.97. The average molecular weight is 448 g/mol. The standard InChI is InChI=1S/C23H27BrFNO2/c1-3-14-28-22-11-10-21(25)20-15-18(17-6-8-19(27-2)9-7-17)16-26(23(20)22)13-5-4-12-24/h6-11,15H,3-5,12-14,16H2,1-2H3. The molecule has 5 heteroatoms. The molecule has 0 bridgehead atoms. The van der Waals surface area contributed by atoms with Gasteiger partial charge in [0.15, 0.2) is 0 Å². The zero-order valence-corrected chi connectivity index (χ0v) is 18.1. The molecule has 0 radical (unpaired) electrons. The molecular weight excluding hydrogens is 421 g/mol. The maximum absolute atomic E-state index is 14.8. The van der Waals surface area contributed by atoms with Crippen molar-refractivity contribution in [1.29, 1.82) is 0 Å². The SMILES string of the molecule is CCCOc1ccc(F)c2c1N(CCCCBr)CC(c1ccc(OC)cc1)=C2. The zero-order chi connectivity index (χ0) is 19.9. The first-order valence-corrected chi connectivity index (χ1v) is 10.9. The second-order valence-corrected chi connectivity index (χ2v) is 7.66. The quantitative estimate of drug-likeness (QED) is 0.339. The van der Waals surface area contributed by atoms with E-state index in [-0.39, 0.29) is 5.82 Å². The molecule has 1 heterocycles. The number of alkyl halides is 1. The summed E-state index contributed by atoms with van der Waals surface area (Å²) < 4.78 is 26.0. The number of benzene rings is 2. The predicted octanol–water partition coefficient (Wildman–Crippen LogP) is 6.16. The Hall–Kier alpha value is -2.01. The molecule has 0 saturated carbocycles. The molecule has 0 spiro atoms. The first-order chi connectivity index (χ1) is 13.7. The number of ether oxygens (including phenoxy) is 2. The maximum atomic E-state index is 14.8. The third-order valence-electron chi connectivity index (χ3n) is 4.86. The van der Waals surface area contributed by atoms with Gasteiger partial charge in [0.2, 0.25) is 0 Å². The number of unbranched alkanes of at least 4 members (excludes halogenated alkanes) is 1. The van der Waals surface area contributed by atoms with Crippen LogP contribution in [0.5, 0.6) is 11.5 Å². The van der Waals surface area contributed by atoms with E-state index in [1.165, 1.54) is 6.07 Å². The summed E-state index contributed by atoms with van der Waals surface area (Å²) >= 11 is 3.50. The summed E-state index contributed by atoms with van der Waals surface area (Å²) in [4.78, 5) is 2.26. The lowest BCUT2D eigenvalue weighted by molar-refractivity contribution is 0.317. The molecule has 150 valence electrons. The van der Waals surface area contributed by atoms with E-state index in [4.69, 9.17) is 9.47 Å². The van der Waals surface area contributed by atoms with Crippen LogP contribution >= 0.6 is 15.9 Å². The van der Waals surface area contributed by atoms with E-state index in [9.17, 15) is 4.39 Å². The second-order valence-electron chi connectivity index (χ2n) is 6.87. The van der Waals surface area contributed by atoms with Crippen molar-refractivity contribution in [2.75, 3.05) is 37.0 Å². The molecule has 0 atom stereocenters. The van der Waals surface area contributed by atoms with Crippen LogP contribution in [0, 0.1) is 5.82 Å². The minimum absolute atomic E-state index is 0.213. The van der Waals surface area contributed by atoms with Gasteiger partial charge < -0.3 is 14.4 Å². The number of hydrogen-bond acceptors (Lipinski definition) is 3. The van der Waals surface area contributed by atoms with Gasteiger partial charge in [-0.3, -0.25) is 0 Å². The van der Waals surface area contributed by atoms with Crippen molar-refractivity contribution in [1.82, 2.24) is 0 Å². The highest BCUT2D eigenvalue weighted by molar-refractivity contribution is 9.09. The van der Waals surface area contributed by atoms with Gasteiger partial charge in [-0.15, -0.1) is 0 Å². The van der Waals surface area contributed by atoms with Crippen molar-refractivity contribution >= 4 is 33.3 Å². The summed E-state index contributed by atoms with van der Waals surface area (Å²) in [5, 5.41) is 0.969. The molecule has 0 saturated heterocycles. The first-order valence-electron chi connectivity index (χ1n) is 9.79. The summed E-state index contributed by atoms with van der Waals surface area (Å²) in [5.74, 6) is 1.37. The highest BCUT2D eigenvalue weighted by Crippen LogP contribution is 2.41. The fourth-order valence-corrected chi connectivity index (χ4v) is 3.82. The maximum Gasteiger partial charge on any atom is 0.143 e. The minimum atomic E-state index is -0.213. The highest BCUT2D eigenvalue weighted by Gasteiger charge is 2.25. The molecule has 0 aliphatic carbocycles. The number of methoxy groups -OCH3 is 1. The number of rotatable bonds is 9. The molecule has 0 aromatic heterocycles. The van der Waals surface area contributed by atoms with Gasteiger partial charge in [-0.2, -0.15) is 0 Å². The van der Waals surface area contributed by atoms with E-state index in [0.717, 1.165) is 66.0 Å². The molecule has 3 nitrogen and oxygen atoms in total. The number of anilines is 1. The van der Waals surface area contributed by atoms with E-state index < -0.39 is 0 Å². The molecular formula is C23H27BrFNO2. The Bertz CT molecular complexity index is 820. The topological polar surface area (TPSA) is 21.7 Å². The molecule has 0 amide bonds. The molecule has 3 rings (SSSR count). The van der Waals surface area contributed by atoms with Crippen LogP contribution in [0.4, 0.5) is 10.1 Å². The molecule has 0 unspecified atom stereocenters. The number of hydrogen-bond donors (Lipinski definition) is 0. The van der Waals surface area contributed by atoms with E-state index in [1.807, 2.05) is 30.3 Å². The third-order valence-corrected chi connectivity index (χ3v) is 5.42. The van der Waals surface area contributed by atoms with Crippen molar-refractivity contribution in [3.8, 4) is 11.5 Å². The summed E-state index contributed by atoms with van der Waals surface area (Å²) in [6.07, 6.45) is 4.99. The minimum Gasteiger partial charge on any atom is -0.497 e. The summed E-state index contributed by atoms with van der Waals surface area (Å²) in [7, 11) is 1.66. The Morgan fingerprint density at radius 2 is 1.89 bits per heavy atom. The van der Waals surface area contributed by atoms with E-state index in [0.29, 0.717) is 12.2 Å². The van der Waals surface area contributed by atoms with Gasteiger partial charge in [0.1, 0.15) is 17.3 Å². The fraction of sp³-hybridized carbons (Fsp3) is 0.391. The predicted molar refractivity (Wildman–Crippen MR) is 118 cm³/mol. The smallest absolute Gasteiger partial charge is 0.143 e. The zero-order valence-electron chi connectivity index (χ0n) is 16.5. The van der Waals surface area contributed by atoms with Gasteiger partial charge in [-0.1, -0.05) is 35.0 Å². The molecule has 2 aromatic carbocycles. The lowest BCUT2D eigenvalue weighted by Crippen LogP contribution is -2.30. The van der Waals surface area contributed by atoms with Crippen LogP contribution in [0.3, 0.4) is 0 Å². The van der Waals surface area contributed by atoms with Crippen LogP contribution in [0.25, 0.3) is 11.6 Å². The summed E-state index contributed by atoms with van der Waals surface area (Å²) in [6.45, 7) is 4.29. The van der Waals surface area contributed by atoms with Gasteiger partial charge in [0.05, 0.1) is 19.4 Å². The van der Waals surface area contributed by atoms with Crippen LogP contribution < -0.4 is 14.4 Å². The summed E-state index contributed by atoms with van der Waals surface area (Å²) in [5.41, 5.74) is 3.67. The normalized spacial score (nSPS) is 13.1. The van der Waals surface area contributed by atoms with Gasteiger partial charge in [0.25, 0.3) is 0 Å². The Labute approximate surface area is 175 Å². The van der Waals surface area contributed by atoms with Crippen molar-refractivity contribution in [3.05, 3.63) is 53.3 Å². The van der Waals surface area contributed by atoms with Crippen LogP contribution in [0.1, 0.15) is 37.3 Å². The highest BCUT2D eigenvalue weighted by atomic mass is 79.9. The van der Waals surface area contributed by atoms with Crippen LogP contribution in [-0.2, 0) is 0 Å². The van der Waals surface area contributed by atoms with Gasteiger partial charge in [-0.25, -0.2) is 4.39 Å².